The van der Waals surface area contributed by atoms with Crippen LogP contribution in [0, 0.1) is 26.7 Å². The molecule has 1 saturated carbocycles. The van der Waals surface area contributed by atoms with E-state index >= 15 is 0 Å². The summed E-state index contributed by atoms with van der Waals surface area (Å²) in [4.78, 5) is 17.6. The highest BCUT2D eigenvalue weighted by Gasteiger charge is 2.26. The van der Waals surface area contributed by atoms with Gasteiger partial charge in [0.15, 0.2) is 0 Å². The lowest BCUT2D eigenvalue weighted by atomic mass is 10.1. The molecule has 0 saturated heterocycles. The molecular formula is C21H25ClN4O. The Morgan fingerprint density at radius 3 is 2.52 bits per heavy atom. The number of nitrogens with one attached hydrogen (secondary N) is 1. The average Bonchev–Trinajstić information content (AvgIpc) is 3.29. The van der Waals surface area contributed by atoms with E-state index in [0.717, 1.165) is 29.1 Å². The smallest absolute Gasteiger partial charge is 0.270 e. The minimum absolute atomic E-state index is 0.0718. The summed E-state index contributed by atoms with van der Waals surface area (Å²) in [6.45, 7) is 9.00. The molecule has 0 spiro atoms. The Morgan fingerprint density at radius 2 is 1.93 bits per heavy atom. The largest absolute Gasteiger partial charge is 0.350 e. The van der Waals surface area contributed by atoms with Gasteiger partial charge in [-0.3, -0.25) is 13.8 Å². The second-order valence-electron chi connectivity index (χ2n) is 7.62. The molecule has 2 heterocycles. The zero-order valence-corrected chi connectivity index (χ0v) is 17.0. The van der Waals surface area contributed by atoms with Crippen LogP contribution in [0.2, 0.25) is 5.15 Å². The van der Waals surface area contributed by atoms with E-state index < -0.39 is 0 Å². The maximum absolute atomic E-state index is 12.8. The number of carbonyl (C=O) groups is 1. The third-order valence-electron chi connectivity index (χ3n) is 5.27. The number of benzene rings is 1. The summed E-state index contributed by atoms with van der Waals surface area (Å²) < 4.78 is 3.78. The van der Waals surface area contributed by atoms with Crippen molar-refractivity contribution in [3.63, 3.8) is 0 Å². The molecule has 1 amide bonds. The van der Waals surface area contributed by atoms with Crippen LogP contribution in [0.1, 0.15) is 52.6 Å². The van der Waals surface area contributed by atoms with Crippen molar-refractivity contribution in [2.75, 3.05) is 6.54 Å². The van der Waals surface area contributed by atoms with E-state index in [4.69, 9.17) is 16.6 Å². The van der Waals surface area contributed by atoms with Crippen molar-refractivity contribution in [2.45, 2.75) is 47.0 Å². The van der Waals surface area contributed by atoms with Crippen LogP contribution in [-0.4, -0.2) is 26.4 Å². The molecule has 1 aromatic carbocycles. The topological polar surface area (TPSA) is 51.3 Å². The fourth-order valence-corrected chi connectivity index (χ4v) is 4.13. The molecule has 6 heteroatoms. The van der Waals surface area contributed by atoms with Gasteiger partial charge in [-0.05, 0) is 57.1 Å². The molecule has 0 bridgehead atoms. The van der Waals surface area contributed by atoms with Crippen LogP contribution < -0.4 is 5.32 Å². The van der Waals surface area contributed by atoms with Gasteiger partial charge in [0.2, 0.25) is 5.78 Å². The van der Waals surface area contributed by atoms with E-state index in [1.54, 1.807) is 6.20 Å². The molecule has 3 aromatic rings. The van der Waals surface area contributed by atoms with Crippen molar-refractivity contribution >= 4 is 23.3 Å². The van der Waals surface area contributed by atoms with E-state index in [2.05, 4.69) is 38.2 Å². The zero-order valence-electron chi connectivity index (χ0n) is 16.3. The van der Waals surface area contributed by atoms with Gasteiger partial charge in [-0.15, -0.1) is 0 Å². The zero-order chi connectivity index (χ0) is 19.3. The average molecular weight is 385 g/mol. The third-order valence-corrected chi connectivity index (χ3v) is 5.54. The Morgan fingerprint density at radius 1 is 1.26 bits per heavy atom. The summed E-state index contributed by atoms with van der Waals surface area (Å²) in [7, 11) is 0. The molecular weight excluding hydrogens is 360 g/mol. The first-order valence-corrected chi connectivity index (χ1v) is 9.93. The highest BCUT2D eigenvalue weighted by Crippen LogP contribution is 2.30. The minimum Gasteiger partial charge on any atom is -0.350 e. The van der Waals surface area contributed by atoms with E-state index in [9.17, 15) is 4.79 Å². The van der Waals surface area contributed by atoms with Crippen LogP contribution in [-0.2, 0) is 6.42 Å². The van der Waals surface area contributed by atoms with Crippen LogP contribution in [0.3, 0.4) is 0 Å². The molecule has 5 nitrogen and oxygen atoms in total. The van der Waals surface area contributed by atoms with Gasteiger partial charge in [0.25, 0.3) is 5.91 Å². The lowest BCUT2D eigenvalue weighted by Crippen LogP contribution is -2.27. The summed E-state index contributed by atoms with van der Waals surface area (Å²) in [5.41, 5.74) is 5.90. The van der Waals surface area contributed by atoms with Crippen LogP contribution in [0.25, 0.3) is 11.5 Å². The SMILES string of the molecule is CCc1nc2n(-c3c(C)cc(C)cc3C)c(Cl)cn2c1C(=O)NCC1CC1. The van der Waals surface area contributed by atoms with Crippen molar-refractivity contribution in [3.8, 4) is 5.69 Å². The van der Waals surface area contributed by atoms with Gasteiger partial charge in [-0.1, -0.05) is 36.2 Å². The monoisotopic (exact) mass is 384 g/mol. The molecule has 0 unspecified atom stereocenters. The van der Waals surface area contributed by atoms with Crippen LogP contribution in [0.5, 0.6) is 0 Å². The molecule has 1 aliphatic carbocycles. The Hall–Kier alpha value is -2.27. The first-order valence-electron chi connectivity index (χ1n) is 9.55. The summed E-state index contributed by atoms with van der Waals surface area (Å²) >= 11 is 6.61. The molecule has 4 rings (SSSR count). The molecule has 0 radical (unpaired) electrons. The second-order valence-corrected chi connectivity index (χ2v) is 8.01. The van der Waals surface area contributed by atoms with Gasteiger partial charge in [0.05, 0.1) is 11.4 Å². The van der Waals surface area contributed by atoms with Crippen molar-refractivity contribution < 1.29 is 4.79 Å². The number of carbonyl (C=O) groups excluding carboxylic acids is 1. The van der Waals surface area contributed by atoms with Gasteiger partial charge < -0.3 is 5.32 Å². The van der Waals surface area contributed by atoms with Gasteiger partial charge in [0.1, 0.15) is 10.8 Å². The van der Waals surface area contributed by atoms with Crippen molar-refractivity contribution in [3.05, 3.63) is 51.6 Å². The van der Waals surface area contributed by atoms with Crippen LogP contribution >= 0.6 is 11.6 Å². The first-order chi connectivity index (χ1) is 12.9. The number of aromatic nitrogens is 3. The van der Waals surface area contributed by atoms with E-state index in [1.807, 2.05) is 15.9 Å². The van der Waals surface area contributed by atoms with Crippen LogP contribution in [0.4, 0.5) is 0 Å². The summed E-state index contributed by atoms with van der Waals surface area (Å²) in [5, 5.41) is 3.61. The number of halogens is 1. The van der Waals surface area contributed by atoms with E-state index in [0.29, 0.717) is 29.0 Å². The fourth-order valence-electron chi connectivity index (χ4n) is 3.87. The summed E-state index contributed by atoms with van der Waals surface area (Å²) in [6, 6.07) is 4.28. The number of aryl methyl sites for hydroxylation is 4. The highest BCUT2D eigenvalue weighted by molar-refractivity contribution is 6.30. The normalized spacial score (nSPS) is 14.1. The van der Waals surface area contributed by atoms with Gasteiger partial charge >= 0.3 is 0 Å². The van der Waals surface area contributed by atoms with Crippen molar-refractivity contribution in [1.82, 2.24) is 19.3 Å². The molecule has 1 aliphatic rings. The number of hydrogen-bond acceptors (Lipinski definition) is 2. The maximum atomic E-state index is 12.8. The Kier molecular flexibility index (Phi) is 4.50. The molecule has 2 aromatic heterocycles. The Labute approximate surface area is 164 Å². The Balaban J connectivity index is 1.86. The molecule has 1 N–H and O–H groups in total. The number of nitrogens with zero attached hydrogens (tertiary/aromatic N) is 3. The standard InChI is InChI=1S/C21H25ClN4O/c1-5-16-19(20(27)23-10-15-6-7-15)25-11-17(22)26(21(25)24-16)18-13(3)8-12(2)9-14(18)4/h8-9,11,15H,5-7,10H2,1-4H3,(H,23,27). The lowest BCUT2D eigenvalue weighted by molar-refractivity contribution is 0.0945. The summed E-state index contributed by atoms with van der Waals surface area (Å²) in [6.07, 6.45) is 4.90. The molecule has 0 aliphatic heterocycles. The van der Waals surface area contributed by atoms with Gasteiger partial charge in [-0.25, -0.2) is 4.98 Å². The van der Waals surface area contributed by atoms with Crippen LogP contribution in [0.15, 0.2) is 18.3 Å². The molecule has 1 fully saturated rings. The van der Waals surface area contributed by atoms with Crippen molar-refractivity contribution in [1.29, 1.82) is 0 Å². The molecule has 27 heavy (non-hydrogen) atoms. The Bertz CT molecular complexity index is 1020. The maximum Gasteiger partial charge on any atom is 0.270 e. The highest BCUT2D eigenvalue weighted by atomic mass is 35.5. The number of imidazole rings is 2. The quantitative estimate of drug-likeness (QED) is 0.708. The predicted octanol–water partition coefficient (Wildman–Crippen LogP) is 4.41. The summed E-state index contributed by atoms with van der Waals surface area (Å²) in [5.74, 6) is 1.24. The molecule has 0 atom stereocenters. The van der Waals surface area contributed by atoms with E-state index in [-0.39, 0.29) is 5.91 Å². The molecule has 142 valence electrons. The first kappa shape index (κ1) is 18.1. The lowest BCUT2D eigenvalue weighted by Gasteiger charge is -2.13. The second kappa shape index (κ2) is 6.71. The third kappa shape index (κ3) is 3.14. The fraction of sp³-hybridized carbons (Fsp3) is 0.429. The number of amides is 1. The number of hydrogen-bond donors (Lipinski definition) is 1. The predicted molar refractivity (Wildman–Crippen MR) is 108 cm³/mol. The van der Waals surface area contributed by atoms with Crippen molar-refractivity contribution in [2.24, 2.45) is 5.92 Å². The number of fused-ring (bicyclic) bond motifs is 1. The number of rotatable bonds is 5. The van der Waals surface area contributed by atoms with E-state index in [1.165, 1.54) is 18.4 Å². The minimum atomic E-state index is -0.0718. The van der Waals surface area contributed by atoms with Gasteiger partial charge in [0, 0.05) is 12.7 Å². The van der Waals surface area contributed by atoms with Gasteiger partial charge in [-0.2, -0.15) is 0 Å².